The molecule has 112 valence electrons. The van der Waals surface area contributed by atoms with Crippen molar-refractivity contribution in [2.24, 2.45) is 0 Å². The van der Waals surface area contributed by atoms with Crippen molar-refractivity contribution in [3.8, 4) is 17.8 Å². The number of hydrogen-bond acceptors (Lipinski definition) is 7. The molecule has 21 heavy (non-hydrogen) atoms. The standard InChI is InChI=1S/C14H18N4O3/c1-15-12-16-13(20-3)18-14(17-12)21-11-6-4-10(5-7-11)8-9-19-2/h4-7H,8-9H2,1-3H3,(H,15,16,17,18). The summed E-state index contributed by atoms with van der Waals surface area (Å²) in [5, 5.41) is 2.82. The summed E-state index contributed by atoms with van der Waals surface area (Å²) >= 11 is 0. The van der Waals surface area contributed by atoms with Crippen LogP contribution < -0.4 is 14.8 Å². The predicted molar refractivity (Wildman–Crippen MR) is 78.0 cm³/mol. The fraction of sp³-hybridized carbons (Fsp3) is 0.357. The molecule has 0 aliphatic heterocycles. The largest absolute Gasteiger partial charge is 0.467 e. The summed E-state index contributed by atoms with van der Waals surface area (Å²) in [4.78, 5) is 12.2. The first-order chi connectivity index (χ1) is 10.2. The Hall–Kier alpha value is -2.41. The van der Waals surface area contributed by atoms with E-state index < -0.39 is 0 Å². The molecule has 1 heterocycles. The van der Waals surface area contributed by atoms with Crippen LogP contribution in [0.5, 0.6) is 17.8 Å². The lowest BCUT2D eigenvalue weighted by molar-refractivity contribution is 0.202. The van der Waals surface area contributed by atoms with Gasteiger partial charge in [0.15, 0.2) is 0 Å². The molecule has 0 aliphatic carbocycles. The van der Waals surface area contributed by atoms with Crippen LogP contribution in [0, 0.1) is 0 Å². The van der Waals surface area contributed by atoms with Gasteiger partial charge in [0.2, 0.25) is 5.95 Å². The zero-order chi connectivity index (χ0) is 15.1. The Labute approximate surface area is 123 Å². The molecule has 0 aliphatic rings. The average Bonchev–Trinajstić information content (AvgIpc) is 2.53. The highest BCUT2D eigenvalue weighted by Gasteiger charge is 2.08. The van der Waals surface area contributed by atoms with Crippen LogP contribution in [0.2, 0.25) is 0 Å². The van der Waals surface area contributed by atoms with E-state index >= 15 is 0 Å². The van der Waals surface area contributed by atoms with Crippen LogP contribution >= 0.6 is 0 Å². The summed E-state index contributed by atoms with van der Waals surface area (Å²) in [6, 6.07) is 8.05. The second-order valence-corrected chi connectivity index (χ2v) is 4.17. The molecule has 0 unspecified atom stereocenters. The molecule has 0 amide bonds. The van der Waals surface area contributed by atoms with E-state index in [9.17, 15) is 0 Å². The van der Waals surface area contributed by atoms with Crippen molar-refractivity contribution in [3.63, 3.8) is 0 Å². The Kier molecular flexibility index (Phi) is 5.28. The quantitative estimate of drug-likeness (QED) is 0.834. The first kappa shape index (κ1) is 15.0. The number of benzene rings is 1. The number of rotatable bonds is 7. The molecule has 0 saturated carbocycles. The van der Waals surface area contributed by atoms with Crippen LogP contribution in [0.3, 0.4) is 0 Å². The van der Waals surface area contributed by atoms with Crippen molar-refractivity contribution in [1.82, 2.24) is 15.0 Å². The Morgan fingerprint density at radius 3 is 2.33 bits per heavy atom. The van der Waals surface area contributed by atoms with Crippen LogP contribution in [-0.2, 0) is 11.2 Å². The maximum absolute atomic E-state index is 5.61. The van der Waals surface area contributed by atoms with Crippen molar-refractivity contribution in [2.45, 2.75) is 6.42 Å². The van der Waals surface area contributed by atoms with Gasteiger partial charge in [0.25, 0.3) is 0 Å². The molecule has 0 atom stereocenters. The maximum Gasteiger partial charge on any atom is 0.330 e. The fourth-order valence-electron chi connectivity index (χ4n) is 1.64. The van der Waals surface area contributed by atoms with Gasteiger partial charge in [0.05, 0.1) is 13.7 Å². The van der Waals surface area contributed by atoms with Gasteiger partial charge in [-0.3, -0.25) is 0 Å². The van der Waals surface area contributed by atoms with Gasteiger partial charge in [-0.25, -0.2) is 0 Å². The lowest BCUT2D eigenvalue weighted by atomic mass is 10.1. The van der Waals surface area contributed by atoms with Crippen molar-refractivity contribution >= 4 is 5.95 Å². The minimum absolute atomic E-state index is 0.177. The zero-order valence-electron chi connectivity index (χ0n) is 12.3. The molecule has 2 rings (SSSR count). The van der Waals surface area contributed by atoms with Crippen LogP contribution in [0.25, 0.3) is 0 Å². The Morgan fingerprint density at radius 2 is 1.71 bits per heavy atom. The number of aromatic nitrogens is 3. The normalized spacial score (nSPS) is 10.2. The average molecular weight is 290 g/mol. The van der Waals surface area contributed by atoms with Gasteiger partial charge in [0, 0.05) is 14.2 Å². The second-order valence-electron chi connectivity index (χ2n) is 4.17. The van der Waals surface area contributed by atoms with E-state index in [0.29, 0.717) is 18.3 Å². The summed E-state index contributed by atoms with van der Waals surface area (Å²) in [7, 11) is 4.89. The number of methoxy groups -OCH3 is 2. The third-order valence-corrected chi connectivity index (χ3v) is 2.73. The fourth-order valence-corrected chi connectivity index (χ4v) is 1.64. The number of ether oxygens (including phenoxy) is 3. The molecule has 2 aromatic rings. The molecule has 0 fully saturated rings. The van der Waals surface area contributed by atoms with Gasteiger partial charge in [-0.15, -0.1) is 4.98 Å². The molecule has 7 nitrogen and oxygen atoms in total. The van der Waals surface area contributed by atoms with Gasteiger partial charge in [-0.1, -0.05) is 12.1 Å². The Morgan fingerprint density at radius 1 is 1.00 bits per heavy atom. The first-order valence-corrected chi connectivity index (χ1v) is 6.48. The van der Waals surface area contributed by atoms with Crippen molar-refractivity contribution in [2.75, 3.05) is 33.2 Å². The van der Waals surface area contributed by atoms with Crippen LogP contribution in [0.15, 0.2) is 24.3 Å². The van der Waals surface area contributed by atoms with E-state index in [-0.39, 0.29) is 12.0 Å². The number of hydrogen-bond donors (Lipinski definition) is 1. The smallest absolute Gasteiger partial charge is 0.330 e. The molecule has 0 bridgehead atoms. The summed E-state index contributed by atoms with van der Waals surface area (Å²) < 4.78 is 15.7. The van der Waals surface area contributed by atoms with Gasteiger partial charge >= 0.3 is 12.0 Å². The Balaban J connectivity index is 2.10. The number of nitrogens with one attached hydrogen (secondary N) is 1. The monoisotopic (exact) mass is 290 g/mol. The predicted octanol–water partition coefficient (Wildman–Crippen LogP) is 1.90. The van der Waals surface area contributed by atoms with Gasteiger partial charge < -0.3 is 19.5 Å². The topological polar surface area (TPSA) is 78.4 Å². The van der Waals surface area contributed by atoms with Gasteiger partial charge in [0.1, 0.15) is 5.75 Å². The summed E-state index contributed by atoms with van der Waals surface area (Å²) in [6.45, 7) is 0.691. The van der Waals surface area contributed by atoms with Crippen molar-refractivity contribution in [1.29, 1.82) is 0 Å². The van der Waals surface area contributed by atoms with Gasteiger partial charge in [-0.2, -0.15) is 9.97 Å². The van der Waals surface area contributed by atoms with E-state index in [1.165, 1.54) is 12.7 Å². The van der Waals surface area contributed by atoms with E-state index in [1.54, 1.807) is 14.2 Å². The van der Waals surface area contributed by atoms with E-state index in [2.05, 4.69) is 20.3 Å². The number of anilines is 1. The summed E-state index contributed by atoms with van der Waals surface area (Å²) in [5.74, 6) is 1.03. The molecule has 0 saturated heterocycles. The van der Waals surface area contributed by atoms with Gasteiger partial charge in [-0.05, 0) is 24.1 Å². The van der Waals surface area contributed by atoms with Crippen LogP contribution in [-0.4, -0.2) is 42.8 Å². The highest BCUT2D eigenvalue weighted by Crippen LogP contribution is 2.21. The SMILES string of the molecule is CNc1nc(OC)nc(Oc2ccc(CCOC)cc2)n1. The third-order valence-electron chi connectivity index (χ3n) is 2.73. The second kappa shape index (κ2) is 7.39. The van der Waals surface area contributed by atoms with Crippen LogP contribution in [0.4, 0.5) is 5.95 Å². The summed E-state index contributed by atoms with van der Waals surface area (Å²) in [6.07, 6.45) is 0.861. The van der Waals surface area contributed by atoms with E-state index in [0.717, 1.165) is 6.42 Å². The molecule has 7 heteroatoms. The van der Waals surface area contributed by atoms with Crippen molar-refractivity contribution in [3.05, 3.63) is 29.8 Å². The lowest BCUT2D eigenvalue weighted by Crippen LogP contribution is -2.03. The molecule has 1 N–H and O–H groups in total. The molecule has 1 aromatic heterocycles. The zero-order valence-corrected chi connectivity index (χ0v) is 12.3. The highest BCUT2D eigenvalue weighted by atomic mass is 16.5. The third kappa shape index (κ3) is 4.28. The molecule has 1 aromatic carbocycles. The minimum Gasteiger partial charge on any atom is -0.467 e. The molecular formula is C14H18N4O3. The first-order valence-electron chi connectivity index (χ1n) is 6.48. The Bertz CT molecular complexity index is 553. The summed E-state index contributed by atoms with van der Waals surface area (Å²) in [5.41, 5.74) is 1.17. The lowest BCUT2D eigenvalue weighted by Gasteiger charge is -2.07. The molecular weight excluding hydrogens is 272 g/mol. The molecule has 0 radical (unpaired) electrons. The van der Waals surface area contributed by atoms with Crippen LogP contribution in [0.1, 0.15) is 5.56 Å². The maximum atomic E-state index is 5.61. The number of nitrogens with zero attached hydrogens (tertiary/aromatic N) is 3. The minimum atomic E-state index is 0.177. The van der Waals surface area contributed by atoms with Crippen molar-refractivity contribution < 1.29 is 14.2 Å². The van der Waals surface area contributed by atoms with E-state index in [4.69, 9.17) is 14.2 Å². The molecule has 0 spiro atoms. The highest BCUT2D eigenvalue weighted by molar-refractivity contribution is 5.31. The van der Waals surface area contributed by atoms with E-state index in [1.807, 2.05) is 24.3 Å².